The number of allylic oxidation sites excluding steroid dienone is 2. The van der Waals surface area contributed by atoms with Crippen LogP contribution in [0.2, 0.25) is 0 Å². The fraction of sp³-hybridized carbons (Fsp3) is 0.429. The molecule has 1 aromatic heterocycles. The fourth-order valence-corrected chi connectivity index (χ4v) is 4.69. The lowest BCUT2D eigenvalue weighted by molar-refractivity contribution is 0.103. The van der Waals surface area contributed by atoms with Crippen LogP contribution in [0.1, 0.15) is 61.2 Å². The number of hydrogen-bond acceptors (Lipinski definition) is 7. The van der Waals surface area contributed by atoms with Gasteiger partial charge < -0.3 is 4.18 Å². The van der Waals surface area contributed by atoms with Crippen molar-refractivity contribution in [3.05, 3.63) is 46.2 Å². The van der Waals surface area contributed by atoms with E-state index in [0.29, 0.717) is 24.1 Å². The van der Waals surface area contributed by atoms with E-state index in [1.807, 2.05) is 20.8 Å². The Labute approximate surface area is 184 Å². The molecule has 0 amide bonds. The first-order valence-electron chi connectivity index (χ1n) is 9.67. The zero-order valence-electron chi connectivity index (χ0n) is 18.8. The Morgan fingerprint density at radius 2 is 1.68 bits per heavy atom. The molecule has 0 N–H and O–H groups in total. The van der Waals surface area contributed by atoms with Crippen LogP contribution < -0.4 is 4.18 Å². The summed E-state index contributed by atoms with van der Waals surface area (Å²) in [5.41, 5.74) is 2.86. The molecule has 1 heterocycles. The lowest BCUT2D eigenvalue weighted by Crippen LogP contribution is -2.15. The Kier molecular flexibility index (Phi) is 7.17. The van der Waals surface area contributed by atoms with Crippen LogP contribution in [0.25, 0.3) is 5.57 Å². The molecule has 0 spiro atoms. The monoisotopic (exact) mass is 468 g/mol. The van der Waals surface area contributed by atoms with E-state index in [1.54, 1.807) is 13.8 Å². The van der Waals surface area contributed by atoms with Gasteiger partial charge in [-0.3, -0.25) is 4.79 Å². The first-order valence-corrected chi connectivity index (χ1v) is 13.4. The highest BCUT2D eigenvalue weighted by Gasteiger charge is 2.27. The van der Waals surface area contributed by atoms with Crippen LogP contribution in [0.3, 0.4) is 0 Å². The molecular weight excluding hydrogens is 440 g/mol. The van der Waals surface area contributed by atoms with E-state index >= 15 is 0 Å². The van der Waals surface area contributed by atoms with Crippen LogP contribution >= 0.6 is 0 Å². The highest BCUT2D eigenvalue weighted by Crippen LogP contribution is 2.33. The number of aromatic nitrogens is 2. The molecule has 0 fully saturated rings. The quantitative estimate of drug-likeness (QED) is 0.431. The molecule has 0 unspecified atom stereocenters. The minimum atomic E-state index is -3.89. The molecule has 0 bridgehead atoms. The molecule has 0 aliphatic rings. The van der Waals surface area contributed by atoms with Gasteiger partial charge in [-0.05, 0) is 62.9 Å². The Morgan fingerprint density at radius 3 is 2.16 bits per heavy atom. The van der Waals surface area contributed by atoms with Crippen LogP contribution in [0, 0.1) is 6.92 Å². The van der Waals surface area contributed by atoms with Crippen LogP contribution in [0.4, 0.5) is 0 Å². The molecule has 0 aliphatic carbocycles. The van der Waals surface area contributed by atoms with Gasteiger partial charge in [-0.25, -0.2) is 13.1 Å². The van der Waals surface area contributed by atoms with Gasteiger partial charge in [0.2, 0.25) is 5.88 Å². The third-order valence-electron chi connectivity index (χ3n) is 4.90. The number of aryl methyl sites for hydroxylation is 1. The predicted octanol–water partition coefficient (Wildman–Crippen LogP) is 3.39. The lowest BCUT2D eigenvalue weighted by Gasteiger charge is -2.17. The van der Waals surface area contributed by atoms with Gasteiger partial charge in [-0.2, -0.15) is 13.5 Å². The molecule has 31 heavy (non-hydrogen) atoms. The van der Waals surface area contributed by atoms with Crippen molar-refractivity contribution in [1.82, 2.24) is 9.78 Å². The highest BCUT2D eigenvalue weighted by molar-refractivity contribution is 7.90. The maximum Gasteiger partial charge on any atom is 0.307 e. The number of sulfone groups is 1. The van der Waals surface area contributed by atoms with E-state index in [-0.39, 0.29) is 21.9 Å². The number of hydrogen-bond donors (Lipinski definition) is 0. The molecule has 170 valence electrons. The number of carbonyl (C=O) groups is 1. The smallest absolute Gasteiger partial charge is 0.307 e. The molecule has 2 aromatic rings. The Balaban J connectivity index is 2.78. The number of ketones is 1. The van der Waals surface area contributed by atoms with E-state index in [0.717, 1.165) is 23.7 Å². The number of benzene rings is 1. The predicted molar refractivity (Wildman–Crippen MR) is 120 cm³/mol. The molecule has 8 nitrogen and oxygen atoms in total. The second-order valence-electron chi connectivity index (χ2n) is 7.71. The molecule has 0 radical (unpaired) electrons. The SMILES string of the molecule is CCCn1ncc(C(=O)c2ccc(S(C)(=O)=O)c(C(C)=C(C)C)c2C)c1OS(C)(=O)=O. The normalized spacial score (nSPS) is 12.0. The highest BCUT2D eigenvalue weighted by atomic mass is 32.2. The minimum Gasteiger partial charge on any atom is -0.361 e. The van der Waals surface area contributed by atoms with Crippen molar-refractivity contribution in [2.75, 3.05) is 12.5 Å². The Bertz CT molecular complexity index is 1270. The summed E-state index contributed by atoms with van der Waals surface area (Å²) >= 11 is 0. The van der Waals surface area contributed by atoms with E-state index in [4.69, 9.17) is 4.18 Å². The van der Waals surface area contributed by atoms with Crippen molar-refractivity contribution in [1.29, 1.82) is 0 Å². The minimum absolute atomic E-state index is 0.00474. The summed E-state index contributed by atoms with van der Waals surface area (Å²) in [6.45, 7) is 9.46. The van der Waals surface area contributed by atoms with Crippen molar-refractivity contribution in [2.24, 2.45) is 0 Å². The van der Waals surface area contributed by atoms with Crippen molar-refractivity contribution in [3.8, 4) is 5.88 Å². The second kappa shape index (κ2) is 8.96. The fourth-order valence-electron chi connectivity index (χ4n) is 3.24. The van der Waals surface area contributed by atoms with Crippen LogP contribution in [-0.4, -0.2) is 44.9 Å². The third-order valence-corrected chi connectivity index (χ3v) is 6.50. The van der Waals surface area contributed by atoms with Gasteiger partial charge in [0.05, 0.1) is 17.3 Å². The summed E-state index contributed by atoms with van der Waals surface area (Å²) in [4.78, 5) is 13.5. The van der Waals surface area contributed by atoms with Crippen LogP contribution in [0.5, 0.6) is 5.88 Å². The number of rotatable bonds is 8. The summed E-state index contributed by atoms with van der Waals surface area (Å²) < 4.78 is 54.7. The second-order valence-corrected chi connectivity index (χ2v) is 11.3. The van der Waals surface area contributed by atoms with Gasteiger partial charge >= 0.3 is 10.1 Å². The number of carbonyl (C=O) groups excluding carboxylic acids is 1. The third kappa shape index (κ3) is 5.43. The molecule has 0 saturated carbocycles. The average Bonchev–Trinajstić information content (AvgIpc) is 3.00. The molecule has 0 saturated heterocycles. The molecule has 1 aromatic carbocycles. The summed E-state index contributed by atoms with van der Waals surface area (Å²) in [5.74, 6) is -0.650. The summed E-state index contributed by atoms with van der Waals surface area (Å²) in [6, 6.07) is 2.85. The van der Waals surface area contributed by atoms with Gasteiger partial charge in [-0.15, -0.1) is 0 Å². The van der Waals surface area contributed by atoms with E-state index in [2.05, 4.69) is 5.10 Å². The van der Waals surface area contributed by atoms with Crippen LogP contribution in [0.15, 0.2) is 28.8 Å². The Morgan fingerprint density at radius 1 is 1.06 bits per heavy atom. The van der Waals surface area contributed by atoms with Gasteiger partial charge in [0.25, 0.3) is 0 Å². The van der Waals surface area contributed by atoms with Crippen LogP contribution in [-0.2, 0) is 26.5 Å². The number of nitrogens with zero attached hydrogens (tertiary/aromatic N) is 2. The zero-order chi connectivity index (χ0) is 23.7. The van der Waals surface area contributed by atoms with Crippen molar-refractivity contribution in [3.63, 3.8) is 0 Å². The molecule has 0 aliphatic heterocycles. The lowest BCUT2D eigenvalue weighted by atomic mass is 9.91. The van der Waals surface area contributed by atoms with Gasteiger partial charge in [0.1, 0.15) is 5.56 Å². The van der Waals surface area contributed by atoms with Crippen molar-refractivity contribution >= 4 is 31.3 Å². The Hall–Kier alpha value is -2.46. The molecule has 10 heteroatoms. The average molecular weight is 469 g/mol. The largest absolute Gasteiger partial charge is 0.361 e. The zero-order valence-corrected chi connectivity index (χ0v) is 20.4. The van der Waals surface area contributed by atoms with E-state index in [1.165, 1.54) is 23.0 Å². The molecular formula is C21H28N2O6S2. The molecule has 2 rings (SSSR count). The first-order chi connectivity index (χ1) is 14.2. The standard InChI is InChI=1S/C21H28N2O6S2/c1-8-11-23-21(29-31(7,27)28)17(12-22-23)20(24)16-9-10-18(30(6,25)26)19(15(16)5)14(4)13(2)3/h9-10,12H,8,11H2,1-7H3. The van der Waals surface area contributed by atoms with Crippen molar-refractivity contribution in [2.45, 2.75) is 52.5 Å². The maximum absolute atomic E-state index is 13.4. The van der Waals surface area contributed by atoms with E-state index in [9.17, 15) is 21.6 Å². The van der Waals surface area contributed by atoms with Crippen molar-refractivity contribution < 1.29 is 25.8 Å². The van der Waals surface area contributed by atoms with Gasteiger partial charge in [-0.1, -0.05) is 12.5 Å². The summed E-state index contributed by atoms with van der Waals surface area (Å²) in [5, 5.41) is 4.11. The summed E-state index contributed by atoms with van der Waals surface area (Å²) in [6.07, 6.45) is 3.95. The van der Waals surface area contributed by atoms with Gasteiger partial charge in [0, 0.05) is 18.4 Å². The topological polar surface area (TPSA) is 112 Å². The molecule has 0 atom stereocenters. The maximum atomic E-state index is 13.4. The van der Waals surface area contributed by atoms with E-state index < -0.39 is 25.7 Å². The van der Waals surface area contributed by atoms with Gasteiger partial charge in [0.15, 0.2) is 15.6 Å². The summed E-state index contributed by atoms with van der Waals surface area (Å²) in [7, 11) is -7.44. The first kappa shape index (κ1) is 24.8.